The standard InChI is InChI=1S/C27H21F3N6OS/c28-27(29,30)17-1-3-18(4-2-17)34-26(37)36-11-8-16(9-12-36)23-14-20-21(7-10-31-25(20)35-23)33-19-5-6-22-24(13-19)38-15-32-22/h1-8,10,13-15H,9,11-12H2,(H,34,37)(H2,31,33,35). The zero-order chi connectivity index (χ0) is 26.3. The number of thiazole rings is 1. The highest BCUT2D eigenvalue weighted by Crippen LogP contribution is 2.32. The van der Waals surface area contributed by atoms with E-state index in [0.717, 1.165) is 56.0 Å². The molecule has 0 bridgehead atoms. The smallest absolute Gasteiger partial charge is 0.355 e. The number of amides is 2. The lowest BCUT2D eigenvalue weighted by Crippen LogP contribution is -2.37. The second-order valence-electron chi connectivity index (χ2n) is 8.89. The lowest BCUT2D eigenvalue weighted by Gasteiger charge is -2.26. The molecule has 192 valence electrons. The monoisotopic (exact) mass is 534 g/mol. The number of hydrogen-bond acceptors (Lipinski definition) is 5. The minimum absolute atomic E-state index is 0.314. The Morgan fingerprint density at radius 2 is 1.84 bits per heavy atom. The van der Waals surface area contributed by atoms with Crippen molar-refractivity contribution in [2.75, 3.05) is 23.7 Å². The highest BCUT2D eigenvalue weighted by Gasteiger charge is 2.30. The molecule has 6 rings (SSSR count). The summed E-state index contributed by atoms with van der Waals surface area (Å²) in [4.78, 5) is 26.4. The fourth-order valence-corrected chi connectivity index (χ4v) is 5.16. The molecule has 38 heavy (non-hydrogen) atoms. The molecule has 0 atom stereocenters. The van der Waals surface area contributed by atoms with Crippen LogP contribution in [0, 0.1) is 0 Å². The number of H-pyrrole nitrogens is 1. The third kappa shape index (κ3) is 4.80. The third-order valence-corrected chi connectivity index (χ3v) is 7.24. The summed E-state index contributed by atoms with van der Waals surface area (Å²) in [5.74, 6) is 0. The summed E-state index contributed by atoms with van der Waals surface area (Å²) in [6.45, 7) is 0.853. The summed E-state index contributed by atoms with van der Waals surface area (Å²) in [6, 6.07) is 14.1. The number of nitrogens with zero attached hydrogens (tertiary/aromatic N) is 3. The highest BCUT2D eigenvalue weighted by molar-refractivity contribution is 7.16. The molecule has 0 fully saturated rings. The van der Waals surface area contributed by atoms with E-state index >= 15 is 0 Å². The number of urea groups is 1. The second-order valence-corrected chi connectivity index (χ2v) is 9.78. The summed E-state index contributed by atoms with van der Waals surface area (Å²) in [7, 11) is 0. The predicted molar refractivity (Wildman–Crippen MR) is 144 cm³/mol. The first-order valence-corrected chi connectivity index (χ1v) is 12.7. The Balaban J connectivity index is 1.15. The van der Waals surface area contributed by atoms with Gasteiger partial charge in [0.2, 0.25) is 0 Å². The average molecular weight is 535 g/mol. The van der Waals surface area contributed by atoms with Crippen LogP contribution >= 0.6 is 11.3 Å². The van der Waals surface area contributed by atoms with Crippen molar-refractivity contribution in [1.29, 1.82) is 0 Å². The fraction of sp³-hybridized carbons (Fsp3) is 0.148. The number of benzene rings is 2. The van der Waals surface area contributed by atoms with Crippen molar-refractivity contribution >= 4 is 61.3 Å². The lowest BCUT2D eigenvalue weighted by molar-refractivity contribution is -0.137. The molecule has 0 spiro atoms. The Morgan fingerprint density at radius 1 is 1.03 bits per heavy atom. The number of aromatic nitrogens is 3. The van der Waals surface area contributed by atoms with Gasteiger partial charge in [0.05, 0.1) is 27.0 Å². The summed E-state index contributed by atoms with van der Waals surface area (Å²) >= 11 is 1.59. The minimum atomic E-state index is -4.41. The van der Waals surface area contributed by atoms with Crippen LogP contribution in [0.4, 0.5) is 35.0 Å². The van der Waals surface area contributed by atoms with Crippen LogP contribution < -0.4 is 10.6 Å². The first-order valence-electron chi connectivity index (χ1n) is 11.8. The van der Waals surface area contributed by atoms with Crippen LogP contribution in [-0.4, -0.2) is 39.0 Å². The maximum absolute atomic E-state index is 12.8. The van der Waals surface area contributed by atoms with Gasteiger partial charge in [-0.25, -0.2) is 14.8 Å². The Kier molecular flexibility index (Phi) is 5.99. The maximum Gasteiger partial charge on any atom is 0.416 e. The number of halogens is 3. The van der Waals surface area contributed by atoms with Crippen LogP contribution in [0.5, 0.6) is 0 Å². The van der Waals surface area contributed by atoms with Crippen molar-refractivity contribution < 1.29 is 18.0 Å². The number of anilines is 3. The van der Waals surface area contributed by atoms with Gasteiger partial charge in [0.1, 0.15) is 5.65 Å². The van der Waals surface area contributed by atoms with E-state index in [1.807, 2.05) is 29.8 Å². The number of nitrogens with one attached hydrogen (secondary N) is 3. The Labute approximate surface area is 219 Å². The molecule has 5 aromatic rings. The number of aromatic amines is 1. The van der Waals surface area contributed by atoms with E-state index in [9.17, 15) is 18.0 Å². The molecule has 11 heteroatoms. The molecule has 0 unspecified atom stereocenters. The van der Waals surface area contributed by atoms with E-state index in [1.165, 1.54) is 12.1 Å². The topological polar surface area (TPSA) is 85.9 Å². The van der Waals surface area contributed by atoms with Crippen molar-refractivity contribution in [2.24, 2.45) is 0 Å². The predicted octanol–water partition coefficient (Wildman–Crippen LogP) is 7.26. The summed E-state index contributed by atoms with van der Waals surface area (Å²) in [5.41, 5.74) is 7.00. The van der Waals surface area contributed by atoms with E-state index in [0.29, 0.717) is 25.2 Å². The fourth-order valence-electron chi connectivity index (χ4n) is 4.44. The number of alkyl halides is 3. The van der Waals surface area contributed by atoms with Gasteiger partial charge < -0.3 is 20.5 Å². The van der Waals surface area contributed by atoms with Gasteiger partial charge in [-0.05, 0) is 66.6 Å². The van der Waals surface area contributed by atoms with E-state index < -0.39 is 11.7 Å². The van der Waals surface area contributed by atoms with Crippen LogP contribution in [0.25, 0.3) is 26.8 Å². The van der Waals surface area contributed by atoms with Crippen LogP contribution in [0.3, 0.4) is 0 Å². The number of carbonyl (C=O) groups excluding carboxylic acids is 1. The van der Waals surface area contributed by atoms with Crippen molar-refractivity contribution in [1.82, 2.24) is 19.9 Å². The Bertz CT molecular complexity index is 1670. The molecule has 0 saturated carbocycles. The Morgan fingerprint density at radius 3 is 2.61 bits per heavy atom. The van der Waals surface area contributed by atoms with Crippen molar-refractivity contribution in [2.45, 2.75) is 12.6 Å². The summed E-state index contributed by atoms with van der Waals surface area (Å²) in [6.07, 6.45) is -0.0656. The average Bonchev–Trinajstić information content (AvgIpc) is 3.56. The number of rotatable bonds is 4. The van der Waals surface area contributed by atoms with E-state index in [4.69, 9.17) is 0 Å². The van der Waals surface area contributed by atoms with Crippen molar-refractivity contribution in [3.8, 4) is 0 Å². The van der Waals surface area contributed by atoms with Crippen LogP contribution in [-0.2, 0) is 6.18 Å². The zero-order valence-electron chi connectivity index (χ0n) is 19.8. The number of hydrogen-bond donors (Lipinski definition) is 3. The van der Waals surface area contributed by atoms with Crippen molar-refractivity contribution in [3.05, 3.63) is 83.6 Å². The number of fused-ring (bicyclic) bond motifs is 2. The van der Waals surface area contributed by atoms with E-state index in [2.05, 4.69) is 37.7 Å². The SMILES string of the molecule is O=C(Nc1ccc(C(F)(F)F)cc1)N1CC=C(c2cc3c(Nc4ccc5ncsc5c4)ccnc3[nH]2)CC1. The van der Waals surface area contributed by atoms with Gasteiger partial charge in [0.25, 0.3) is 0 Å². The van der Waals surface area contributed by atoms with Gasteiger partial charge in [-0.3, -0.25) is 0 Å². The molecule has 2 amide bonds. The number of carbonyl (C=O) groups is 1. The molecule has 2 aromatic carbocycles. The molecule has 1 aliphatic rings. The molecule has 0 radical (unpaired) electrons. The quantitative estimate of drug-likeness (QED) is 0.227. The molecule has 3 N–H and O–H groups in total. The highest BCUT2D eigenvalue weighted by atomic mass is 32.1. The third-order valence-electron chi connectivity index (χ3n) is 6.45. The summed E-state index contributed by atoms with van der Waals surface area (Å²) < 4.78 is 39.4. The molecule has 0 saturated heterocycles. The molecule has 4 heterocycles. The van der Waals surface area contributed by atoms with Crippen molar-refractivity contribution in [3.63, 3.8) is 0 Å². The van der Waals surface area contributed by atoms with Crippen LogP contribution in [0.1, 0.15) is 17.7 Å². The molecule has 7 nitrogen and oxygen atoms in total. The van der Waals surface area contributed by atoms with Gasteiger partial charge in [-0.15, -0.1) is 11.3 Å². The second kappa shape index (κ2) is 9.49. The summed E-state index contributed by atoms with van der Waals surface area (Å²) in [5, 5.41) is 7.10. The Hall–Kier alpha value is -4.38. The maximum atomic E-state index is 12.8. The normalized spacial score (nSPS) is 14.1. The van der Waals surface area contributed by atoms with E-state index in [1.54, 1.807) is 22.4 Å². The largest absolute Gasteiger partial charge is 0.416 e. The van der Waals surface area contributed by atoms with Gasteiger partial charge in [0.15, 0.2) is 0 Å². The molecular formula is C27H21F3N6OS. The first-order chi connectivity index (χ1) is 18.3. The van der Waals surface area contributed by atoms with Gasteiger partial charge in [0, 0.05) is 41.7 Å². The van der Waals surface area contributed by atoms with Crippen LogP contribution in [0.15, 0.2) is 72.4 Å². The molecule has 1 aliphatic heterocycles. The lowest BCUT2D eigenvalue weighted by atomic mass is 10.0. The van der Waals surface area contributed by atoms with Gasteiger partial charge >= 0.3 is 12.2 Å². The molecule has 0 aliphatic carbocycles. The minimum Gasteiger partial charge on any atom is -0.355 e. The zero-order valence-corrected chi connectivity index (χ0v) is 20.7. The molecular weight excluding hydrogens is 513 g/mol. The van der Waals surface area contributed by atoms with Gasteiger partial charge in [-0.2, -0.15) is 13.2 Å². The van der Waals surface area contributed by atoms with E-state index in [-0.39, 0.29) is 6.03 Å². The number of pyridine rings is 1. The van der Waals surface area contributed by atoms with Crippen LogP contribution in [0.2, 0.25) is 0 Å². The first kappa shape index (κ1) is 24.0. The molecule has 3 aromatic heterocycles. The van der Waals surface area contributed by atoms with Gasteiger partial charge in [-0.1, -0.05) is 6.08 Å².